The van der Waals surface area contributed by atoms with E-state index in [9.17, 15) is 22.8 Å². The molecule has 1 aromatic carbocycles. The first kappa shape index (κ1) is 23.3. The molecule has 1 fully saturated rings. The molecule has 1 aromatic heterocycles. The van der Waals surface area contributed by atoms with Gasteiger partial charge in [0.15, 0.2) is 5.69 Å². The molecule has 2 N–H and O–H groups in total. The van der Waals surface area contributed by atoms with E-state index in [0.717, 1.165) is 11.8 Å². The standard InChI is InChI=1S/C23H23F3N4O2/c1-21(2,3)15-7-5-14(6-8-15)19(31)30-22(9-4-10-22)20(32)29-16-11-17(23(24,25)26)18(12-27)28-13-16/h5-8,11,13H,4,9-10H2,1-3H3,(H,29,32)(H,30,31). The third-order valence-corrected chi connectivity index (χ3v) is 5.56. The zero-order valence-corrected chi connectivity index (χ0v) is 17.9. The van der Waals surface area contributed by atoms with Crippen LogP contribution in [0.1, 0.15) is 67.2 Å². The molecule has 0 atom stereocenters. The number of benzene rings is 1. The average molecular weight is 444 g/mol. The molecule has 0 spiro atoms. The summed E-state index contributed by atoms with van der Waals surface area (Å²) < 4.78 is 39.5. The Hall–Kier alpha value is -3.41. The maximum Gasteiger partial charge on any atom is 0.419 e. The van der Waals surface area contributed by atoms with Crippen LogP contribution >= 0.6 is 0 Å². The number of nitriles is 1. The number of anilines is 1. The van der Waals surface area contributed by atoms with Crippen LogP contribution in [0.4, 0.5) is 18.9 Å². The predicted molar refractivity (Wildman–Crippen MR) is 112 cm³/mol. The zero-order valence-electron chi connectivity index (χ0n) is 17.9. The first-order valence-electron chi connectivity index (χ1n) is 10.1. The molecule has 0 unspecified atom stereocenters. The van der Waals surface area contributed by atoms with Crippen molar-refractivity contribution in [1.82, 2.24) is 10.3 Å². The van der Waals surface area contributed by atoms with Crippen molar-refractivity contribution < 1.29 is 22.8 Å². The second-order valence-electron chi connectivity index (χ2n) is 8.90. The molecule has 168 valence electrons. The molecule has 1 aliphatic rings. The molecule has 1 aliphatic carbocycles. The number of pyridine rings is 1. The van der Waals surface area contributed by atoms with E-state index in [2.05, 4.69) is 36.4 Å². The van der Waals surface area contributed by atoms with E-state index in [-0.39, 0.29) is 11.1 Å². The third kappa shape index (κ3) is 4.74. The predicted octanol–water partition coefficient (Wildman–Crippen LogP) is 4.56. The SMILES string of the molecule is CC(C)(C)c1ccc(C(=O)NC2(C(=O)Nc3cnc(C#N)c(C(F)(F)F)c3)CCC2)cc1. The van der Waals surface area contributed by atoms with Crippen molar-refractivity contribution in [1.29, 1.82) is 5.26 Å². The van der Waals surface area contributed by atoms with Crippen molar-refractivity contribution in [2.24, 2.45) is 0 Å². The second kappa shape index (κ2) is 8.26. The van der Waals surface area contributed by atoms with Crippen molar-refractivity contribution in [3.05, 3.63) is 58.9 Å². The summed E-state index contributed by atoms with van der Waals surface area (Å²) in [6, 6.07) is 9.12. The van der Waals surface area contributed by atoms with Gasteiger partial charge in [0.1, 0.15) is 11.6 Å². The van der Waals surface area contributed by atoms with E-state index >= 15 is 0 Å². The van der Waals surface area contributed by atoms with Crippen LogP contribution < -0.4 is 10.6 Å². The minimum Gasteiger partial charge on any atom is -0.338 e. The van der Waals surface area contributed by atoms with E-state index in [1.165, 1.54) is 6.07 Å². The highest BCUT2D eigenvalue weighted by molar-refractivity contribution is 6.04. The maximum atomic E-state index is 13.2. The zero-order chi connectivity index (χ0) is 23.7. The van der Waals surface area contributed by atoms with Crippen molar-refractivity contribution in [2.45, 2.75) is 57.2 Å². The Balaban J connectivity index is 1.77. The highest BCUT2D eigenvalue weighted by atomic mass is 19.4. The summed E-state index contributed by atoms with van der Waals surface area (Å²) >= 11 is 0. The van der Waals surface area contributed by atoms with Gasteiger partial charge in [-0.3, -0.25) is 9.59 Å². The Morgan fingerprint density at radius 1 is 1.12 bits per heavy atom. The van der Waals surface area contributed by atoms with Gasteiger partial charge in [-0.1, -0.05) is 32.9 Å². The van der Waals surface area contributed by atoms with Gasteiger partial charge in [-0.2, -0.15) is 18.4 Å². The molecule has 2 amide bonds. The van der Waals surface area contributed by atoms with Crippen LogP contribution in [0.3, 0.4) is 0 Å². The first-order valence-corrected chi connectivity index (χ1v) is 10.1. The van der Waals surface area contributed by atoms with Gasteiger partial charge in [-0.15, -0.1) is 0 Å². The fraction of sp³-hybridized carbons (Fsp3) is 0.391. The molecule has 0 aliphatic heterocycles. The lowest BCUT2D eigenvalue weighted by atomic mass is 9.75. The minimum absolute atomic E-state index is 0.0749. The van der Waals surface area contributed by atoms with Crippen LogP contribution in [0.2, 0.25) is 0 Å². The average Bonchev–Trinajstić information content (AvgIpc) is 2.69. The van der Waals surface area contributed by atoms with Gasteiger partial charge in [-0.05, 0) is 48.4 Å². The maximum absolute atomic E-state index is 13.2. The molecule has 32 heavy (non-hydrogen) atoms. The number of aromatic nitrogens is 1. The van der Waals surface area contributed by atoms with Crippen LogP contribution in [0.15, 0.2) is 36.5 Å². The van der Waals surface area contributed by atoms with E-state index in [4.69, 9.17) is 5.26 Å². The summed E-state index contributed by atoms with van der Waals surface area (Å²) in [4.78, 5) is 29.1. The lowest BCUT2D eigenvalue weighted by molar-refractivity contribution is -0.138. The quantitative estimate of drug-likeness (QED) is 0.723. The summed E-state index contributed by atoms with van der Waals surface area (Å²) in [6.07, 6.45) is -2.39. The topological polar surface area (TPSA) is 94.9 Å². The molecule has 0 saturated heterocycles. The summed E-state index contributed by atoms with van der Waals surface area (Å²) in [5.41, 5.74) is -2.06. The van der Waals surface area contributed by atoms with Gasteiger partial charge < -0.3 is 10.6 Å². The Bertz CT molecular complexity index is 1080. The molecule has 0 bridgehead atoms. The van der Waals surface area contributed by atoms with Crippen molar-refractivity contribution in [2.75, 3.05) is 5.32 Å². The number of nitrogens with one attached hydrogen (secondary N) is 2. The van der Waals surface area contributed by atoms with Crippen molar-refractivity contribution in [3.8, 4) is 6.07 Å². The summed E-state index contributed by atoms with van der Waals surface area (Å²) in [6.45, 7) is 6.16. The number of halogens is 3. The van der Waals surface area contributed by atoms with Gasteiger partial charge in [0.05, 0.1) is 17.4 Å². The van der Waals surface area contributed by atoms with Crippen molar-refractivity contribution >= 4 is 17.5 Å². The number of carbonyl (C=O) groups excluding carboxylic acids is 2. The van der Waals surface area contributed by atoms with Crippen LogP contribution in [-0.2, 0) is 16.4 Å². The number of rotatable bonds is 4. The summed E-state index contributed by atoms with van der Waals surface area (Å²) in [5.74, 6) is -1.06. The first-order chi connectivity index (χ1) is 14.9. The summed E-state index contributed by atoms with van der Waals surface area (Å²) in [5, 5.41) is 14.0. The fourth-order valence-electron chi connectivity index (χ4n) is 3.44. The monoisotopic (exact) mass is 444 g/mol. The Morgan fingerprint density at radius 3 is 2.22 bits per heavy atom. The molecule has 6 nitrogen and oxygen atoms in total. The van der Waals surface area contributed by atoms with E-state index in [0.29, 0.717) is 30.9 Å². The number of carbonyl (C=O) groups is 2. The minimum atomic E-state index is -4.79. The Morgan fingerprint density at radius 2 is 1.75 bits per heavy atom. The molecule has 9 heteroatoms. The van der Waals surface area contributed by atoms with Gasteiger partial charge in [0.25, 0.3) is 5.91 Å². The van der Waals surface area contributed by atoms with Crippen molar-refractivity contribution in [3.63, 3.8) is 0 Å². The van der Waals surface area contributed by atoms with Crippen LogP contribution in [0.25, 0.3) is 0 Å². The Kier molecular flexibility index (Phi) is 6.00. The molecular weight excluding hydrogens is 421 g/mol. The lowest BCUT2D eigenvalue weighted by Crippen LogP contribution is -2.61. The molecule has 0 radical (unpaired) electrons. The number of hydrogen-bond donors (Lipinski definition) is 2. The largest absolute Gasteiger partial charge is 0.419 e. The van der Waals surface area contributed by atoms with Crippen LogP contribution in [0, 0.1) is 11.3 Å². The molecule has 1 saturated carbocycles. The van der Waals surface area contributed by atoms with Gasteiger partial charge >= 0.3 is 6.18 Å². The smallest absolute Gasteiger partial charge is 0.338 e. The number of alkyl halides is 3. The number of nitrogens with zero attached hydrogens (tertiary/aromatic N) is 2. The highest BCUT2D eigenvalue weighted by Crippen LogP contribution is 2.35. The molecule has 1 heterocycles. The second-order valence-corrected chi connectivity index (χ2v) is 8.90. The van der Waals surface area contributed by atoms with E-state index < -0.39 is 34.8 Å². The van der Waals surface area contributed by atoms with E-state index in [1.807, 2.05) is 12.1 Å². The van der Waals surface area contributed by atoms with Gasteiger partial charge in [-0.25, -0.2) is 4.98 Å². The van der Waals surface area contributed by atoms with E-state index in [1.54, 1.807) is 12.1 Å². The molecule has 3 rings (SSSR count). The molecule has 2 aromatic rings. The van der Waals surface area contributed by atoms with Crippen LogP contribution in [-0.4, -0.2) is 22.3 Å². The fourth-order valence-corrected chi connectivity index (χ4v) is 3.44. The normalized spacial score (nSPS) is 15.3. The number of amides is 2. The number of hydrogen-bond acceptors (Lipinski definition) is 4. The lowest BCUT2D eigenvalue weighted by Gasteiger charge is -2.40. The summed E-state index contributed by atoms with van der Waals surface area (Å²) in [7, 11) is 0. The van der Waals surface area contributed by atoms with Gasteiger partial charge in [0.2, 0.25) is 5.91 Å². The van der Waals surface area contributed by atoms with Gasteiger partial charge in [0, 0.05) is 5.56 Å². The Labute approximate surface area is 183 Å². The van der Waals surface area contributed by atoms with Crippen LogP contribution in [0.5, 0.6) is 0 Å². The third-order valence-electron chi connectivity index (χ3n) is 5.56. The molecular formula is C23H23F3N4O2. The highest BCUT2D eigenvalue weighted by Gasteiger charge is 2.46.